The predicted molar refractivity (Wildman–Crippen MR) is 105 cm³/mol. The SMILES string of the molecule is Cc1cc(N2CCCC(Cn3cc(Cc4ccccc4)nn3)C2)nc(N)n1. The molecular formula is C20H25N7. The molecule has 7 nitrogen and oxygen atoms in total. The van der Waals surface area contributed by atoms with Crippen molar-refractivity contribution in [3.8, 4) is 0 Å². The minimum Gasteiger partial charge on any atom is -0.368 e. The van der Waals surface area contributed by atoms with Gasteiger partial charge in [-0.3, -0.25) is 4.68 Å². The zero-order valence-corrected chi connectivity index (χ0v) is 15.6. The molecule has 4 rings (SSSR count). The fourth-order valence-corrected chi connectivity index (χ4v) is 3.74. The fourth-order valence-electron chi connectivity index (χ4n) is 3.74. The fraction of sp³-hybridized carbons (Fsp3) is 0.400. The summed E-state index contributed by atoms with van der Waals surface area (Å²) in [5.41, 5.74) is 8.99. The molecule has 140 valence electrons. The maximum atomic E-state index is 5.82. The molecule has 1 aromatic carbocycles. The van der Waals surface area contributed by atoms with Crippen LogP contribution in [0.15, 0.2) is 42.6 Å². The van der Waals surface area contributed by atoms with Gasteiger partial charge in [-0.2, -0.15) is 4.98 Å². The topological polar surface area (TPSA) is 85.8 Å². The molecule has 1 unspecified atom stereocenters. The number of nitrogens with zero attached hydrogens (tertiary/aromatic N) is 6. The van der Waals surface area contributed by atoms with E-state index in [1.54, 1.807) is 0 Å². The number of anilines is 2. The number of aryl methyl sites for hydroxylation is 1. The lowest BCUT2D eigenvalue weighted by Gasteiger charge is -2.33. The number of piperidine rings is 1. The van der Waals surface area contributed by atoms with Crippen LogP contribution in [0.3, 0.4) is 0 Å². The third kappa shape index (κ3) is 4.42. The highest BCUT2D eigenvalue weighted by molar-refractivity contribution is 5.43. The van der Waals surface area contributed by atoms with Gasteiger partial charge in [0, 0.05) is 44.0 Å². The van der Waals surface area contributed by atoms with Crippen molar-refractivity contribution in [3.63, 3.8) is 0 Å². The summed E-state index contributed by atoms with van der Waals surface area (Å²) in [6, 6.07) is 12.4. The zero-order valence-electron chi connectivity index (χ0n) is 15.6. The van der Waals surface area contributed by atoms with E-state index in [9.17, 15) is 0 Å². The number of nitrogen functional groups attached to an aromatic ring is 1. The van der Waals surface area contributed by atoms with Crippen LogP contribution < -0.4 is 10.6 Å². The van der Waals surface area contributed by atoms with E-state index in [4.69, 9.17) is 5.73 Å². The van der Waals surface area contributed by atoms with Crippen molar-refractivity contribution in [2.24, 2.45) is 5.92 Å². The van der Waals surface area contributed by atoms with Crippen LogP contribution in [0.2, 0.25) is 0 Å². The van der Waals surface area contributed by atoms with E-state index >= 15 is 0 Å². The van der Waals surface area contributed by atoms with Gasteiger partial charge >= 0.3 is 0 Å². The minimum atomic E-state index is 0.342. The average Bonchev–Trinajstić information content (AvgIpc) is 3.09. The normalized spacial score (nSPS) is 17.2. The summed E-state index contributed by atoms with van der Waals surface area (Å²) in [7, 11) is 0. The highest BCUT2D eigenvalue weighted by Crippen LogP contribution is 2.23. The Bertz CT molecular complexity index is 870. The van der Waals surface area contributed by atoms with Crippen LogP contribution in [0.5, 0.6) is 0 Å². The van der Waals surface area contributed by atoms with Gasteiger partial charge in [0.1, 0.15) is 5.82 Å². The molecule has 0 spiro atoms. The van der Waals surface area contributed by atoms with Crippen LogP contribution in [0.4, 0.5) is 11.8 Å². The van der Waals surface area contributed by atoms with Crippen molar-refractivity contribution < 1.29 is 0 Å². The minimum absolute atomic E-state index is 0.342. The molecule has 0 bridgehead atoms. The predicted octanol–water partition coefficient (Wildman–Crippen LogP) is 2.47. The molecule has 2 aromatic heterocycles. The first kappa shape index (κ1) is 17.5. The van der Waals surface area contributed by atoms with Gasteiger partial charge in [-0.05, 0) is 31.2 Å². The average molecular weight is 363 g/mol. The van der Waals surface area contributed by atoms with Gasteiger partial charge in [0.2, 0.25) is 5.95 Å². The molecule has 0 amide bonds. The molecule has 3 heterocycles. The smallest absolute Gasteiger partial charge is 0.222 e. The Kier molecular flexibility index (Phi) is 5.00. The van der Waals surface area contributed by atoms with Crippen molar-refractivity contribution in [2.75, 3.05) is 23.7 Å². The second-order valence-electron chi connectivity index (χ2n) is 7.27. The van der Waals surface area contributed by atoms with Gasteiger partial charge in [-0.25, -0.2) is 4.98 Å². The van der Waals surface area contributed by atoms with Crippen LogP contribution in [-0.2, 0) is 13.0 Å². The van der Waals surface area contributed by atoms with Crippen molar-refractivity contribution >= 4 is 11.8 Å². The maximum absolute atomic E-state index is 5.82. The second kappa shape index (κ2) is 7.73. The van der Waals surface area contributed by atoms with Gasteiger partial charge in [0.15, 0.2) is 0 Å². The molecule has 1 aliphatic heterocycles. The lowest BCUT2D eigenvalue weighted by Crippen LogP contribution is -2.37. The maximum Gasteiger partial charge on any atom is 0.222 e. The number of hydrogen-bond donors (Lipinski definition) is 1. The molecule has 3 aromatic rings. The van der Waals surface area contributed by atoms with E-state index < -0.39 is 0 Å². The summed E-state index contributed by atoms with van der Waals surface area (Å²) in [5, 5.41) is 8.67. The van der Waals surface area contributed by atoms with Crippen molar-refractivity contribution in [1.82, 2.24) is 25.0 Å². The van der Waals surface area contributed by atoms with Crippen LogP contribution in [0.25, 0.3) is 0 Å². The summed E-state index contributed by atoms with van der Waals surface area (Å²) >= 11 is 0. The van der Waals surface area contributed by atoms with Gasteiger partial charge < -0.3 is 10.6 Å². The molecule has 7 heteroatoms. The van der Waals surface area contributed by atoms with Gasteiger partial charge in [-0.1, -0.05) is 35.5 Å². The Morgan fingerprint density at radius 1 is 1.19 bits per heavy atom. The summed E-state index contributed by atoms with van der Waals surface area (Å²) in [6.45, 7) is 4.78. The molecule has 1 aliphatic rings. The monoisotopic (exact) mass is 363 g/mol. The standard InChI is InChI=1S/C20H25N7/c1-15-10-19(23-20(21)22-15)26-9-5-8-17(12-26)13-27-14-18(24-25-27)11-16-6-3-2-4-7-16/h2-4,6-7,10,14,17H,5,8-9,11-13H2,1H3,(H2,21,22,23). The summed E-state index contributed by atoms with van der Waals surface area (Å²) in [5.74, 6) is 1.78. The van der Waals surface area contributed by atoms with Crippen molar-refractivity contribution in [1.29, 1.82) is 0 Å². The van der Waals surface area contributed by atoms with E-state index in [0.29, 0.717) is 11.9 Å². The van der Waals surface area contributed by atoms with Crippen LogP contribution in [-0.4, -0.2) is 38.1 Å². The van der Waals surface area contributed by atoms with E-state index in [2.05, 4.69) is 55.6 Å². The van der Waals surface area contributed by atoms with Gasteiger partial charge in [-0.15, -0.1) is 5.10 Å². The summed E-state index contributed by atoms with van der Waals surface area (Å²) in [4.78, 5) is 10.9. The number of rotatable bonds is 5. The number of aromatic nitrogens is 5. The lowest BCUT2D eigenvalue weighted by molar-refractivity contribution is 0.347. The van der Waals surface area contributed by atoms with E-state index in [0.717, 1.165) is 49.7 Å². The highest BCUT2D eigenvalue weighted by atomic mass is 15.4. The van der Waals surface area contributed by atoms with Crippen LogP contribution >= 0.6 is 0 Å². The quantitative estimate of drug-likeness (QED) is 0.749. The Morgan fingerprint density at radius 2 is 2.04 bits per heavy atom. The van der Waals surface area contributed by atoms with Gasteiger partial charge in [0.05, 0.1) is 5.69 Å². The molecule has 2 N–H and O–H groups in total. The summed E-state index contributed by atoms with van der Waals surface area (Å²) in [6.07, 6.45) is 5.21. The highest BCUT2D eigenvalue weighted by Gasteiger charge is 2.22. The first-order valence-corrected chi connectivity index (χ1v) is 9.45. The van der Waals surface area contributed by atoms with E-state index in [1.165, 1.54) is 12.0 Å². The Labute approximate surface area is 159 Å². The van der Waals surface area contributed by atoms with Crippen molar-refractivity contribution in [2.45, 2.75) is 32.7 Å². The van der Waals surface area contributed by atoms with Crippen LogP contribution in [0.1, 0.15) is 29.8 Å². The van der Waals surface area contributed by atoms with Crippen LogP contribution in [0, 0.1) is 12.8 Å². The largest absolute Gasteiger partial charge is 0.368 e. The molecule has 1 atom stereocenters. The third-order valence-corrected chi connectivity index (χ3v) is 4.96. The number of nitrogens with two attached hydrogens (primary N) is 1. The molecule has 27 heavy (non-hydrogen) atoms. The molecule has 1 fully saturated rings. The molecule has 0 aliphatic carbocycles. The zero-order chi connectivity index (χ0) is 18.6. The Hall–Kier alpha value is -2.96. The van der Waals surface area contributed by atoms with E-state index in [-0.39, 0.29) is 0 Å². The molecule has 0 saturated carbocycles. The molecular weight excluding hydrogens is 338 g/mol. The summed E-state index contributed by atoms with van der Waals surface area (Å²) < 4.78 is 1.98. The Balaban J connectivity index is 1.39. The molecule has 0 radical (unpaired) electrons. The first-order chi connectivity index (χ1) is 13.2. The van der Waals surface area contributed by atoms with Gasteiger partial charge in [0.25, 0.3) is 0 Å². The van der Waals surface area contributed by atoms with Crippen molar-refractivity contribution in [3.05, 3.63) is 59.5 Å². The lowest BCUT2D eigenvalue weighted by atomic mass is 9.98. The second-order valence-corrected chi connectivity index (χ2v) is 7.27. The first-order valence-electron chi connectivity index (χ1n) is 9.45. The Morgan fingerprint density at radius 3 is 2.85 bits per heavy atom. The molecule has 1 saturated heterocycles. The number of benzene rings is 1. The number of hydrogen-bond acceptors (Lipinski definition) is 6. The van der Waals surface area contributed by atoms with E-state index in [1.807, 2.05) is 23.7 Å². The third-order valence-electron chi connectivity index (χ3n) is 4.96.